The Labute approximate surface area is 164 Å². The summed E-state index contributed by atoms with van der Waals surface area (Å²) in [7, 11) is 0. The predicted octanol–water partition coefficient (Wildman–Crippen LogP) is 4.82. The fourth-order valence-corrected chi connectivity index (χ4v) is 4.20. The first-order chi connectivity index (χ1) is 12.7. The van der Waals surface area contributed by atoms with E-state index in [0.717, 1.165) is 18.7 Å². The van der Waals surface area contributed by atoms with Crippen molar-refractivity contribution in [2.45, 2.75) is 38.3 Å². The second-order valence-corrected chi connectivity index (χ2v) is 7.93. The number of hydrogen-bond acceptors (Lipinski definition) is 3. The molecular weight excluding hydrogens is 366 g/mol. The number of halogens is 1. The lowest BCUT2D eigenvalue weighted by molar-refractivity contribution is 0.196. The first kappa shape index (κ1) is 19.2. The van der Waals surface area contributed by atoms with Gasteiger partial charge in [-0.3, -0.25) is 4.90 Å². The maximum absolute atomic E-state index is 12.2. The zero-order valence-corrected chi connectivity index (χ0v) is 16.5. The van der Waals surface area contributed by atoms with Crippen molar-refractivity contribution in [3.05, 3.63) is 57.2 Å². The normalized spacial score (nSPS) is 16.7. The van der Waals surface area contributed by atoms with Gasteiger partial charge in [0.2, 0.25) is 0 Å². The van der Waals surface area contributed by atoms with E-state index in [-0.39, 0.29) is 12.1 Å². The smallest absolute Gasteiger partial charge is 0.315 e. The largest absolute Gasteiger partial charge is 0.336 e. The Morgan fingerprint density at radius 1 is 1.08 bits per heavy atom. The molecule has 140 valence electrons. The molecule has 1 unspecified atom stereocenters. The third kappa shape index (κ3) is 5.73. The molecule has 1 aliphatic rings. The number of nitrogens with zero attached hydrogens (tertiary/aromatic N) is 1. The first-order valence-corrected chi connectivity index (χ1v) is 10.6. The number of carbonyl (C=O) groups excluding carboxylic acids is 1. The summed E-state index contributed by atoms with van der Waals surface area (Å²) < 4.78 is 0. The highest BCUT2D eigenvalue weighted by Gasteiger charge is 2.22. The maximum atomic E-state index is 12.2. The Morgan fingerprint density at radius 3 is 2.46 bits per heavy atom. The zero-order chi connectivity index (χ0) is 18.2. The number of likely N-dealkylation sites (tertiary alicyclic amines) is 1. The Hall–Kier alpha value is -1.56. The predicted molar refractivity (Wildman–Crippen MR) is 109 cm³/mol. The minimum Gasteiger partial charge on any atom is -0.336 e. The summed E-state index contributed by atoms with van der Waals surface area (Å²) in [5, 5.41) is 11.0. The number of urea groups is 1. The maximum Gasteiger partial charge on any atom is 0.315 e. The minimum absolute atomic E-state index is 0.130. The van der Waals surface area contributed by atoms with Gasteiger partial charge in [-0.05, 0) is 66.0 Å². The van der Waals surface area contributed by atoms with E-state index in [0.29, 0.717) is 18.1 Å². The molecule has 0 radical (unpaired) electrons. The Kier molecular flexibility index (Phi) is 7.35. The van der Waals surface area contributed by atoms with E-state index in [9.17, 15) is 4.79 Å². The Balaban J connectivity index is 1.53. The number of nitrogens with one attached hydrogen (secondary N) is 2. The zero-order valence-electron chi connectivity index (χ0n) is 14.9. The Bertz CT molecular complexity index is 667. The minimum atomic E-state index is -0.130. The molecule has 0 spiro atoms. The van der Waals surface area contributed by atoms with Gasteiger partial charge in [0.25, 0.3) is 0 Å². The average Bonchev–Trinajstić information content (AvgIpc) is 3.04. The molecule has 1 atom stereocenters. The molecule has 2 aromatic rings. The summed E-state index contributed by atoms with van der Waals surface area (Å²) in [5.41, 5.74) is 2.33. The van der Waals surface area contributed by atoms with Crippen LogP contribution in [-0.2, 0) is 6.54 Å². The van der Waals surface area contributed by atoms with E-state index in [1.807, 2.05) is 24.3 Å². The van der Waals surface area contributed by atoms with Crippen LogP contribution in [0, 0.1) is 0 Å². The summed E-state index contributed by atoms with van der Waals surface area (Å²) in [6.07, 6.45) is 5.09. The van der Waals surface area contributed by atoms with Crippen LogP contribution in [0.15, 0.2) is 41.1 Å². The first-order valence-electron chi connectivity index (χ1n) is 9.24. The van der Waals surface area contributed by atoms with Crippen molar-refractivity contribution in [3.63, 3.8) is 0 Å². The van der Waals surface area contributed by atoms with E-state index in [4.69, 9.17) is 11.6 Å². The number of rotatable bonds is 6. The molecule has 6 heteroatoms. The number of hydrogen-bond donors (Lipinski definition) is 2. The molecule has 1 fully saturated rings. The van der Waals surface area contributed by atoms with Gasteiger partial charge in [-0.1, -0.05) is 36.6 Å². The van der Waals surface area contributed by atoms with Crippen molar-refractivity contribution in [1.82, 2.24) is 15.5 Å². The molecule has 2 heterocycles. The second-order valence-electron chi connectivity index (χ2n) is 6.71. The molecular formula is C20H26ClN3OS. The highest BCUT2D eigenvalue weighted by atomic mass is 35.5. The molecule has 4 nitrogen and oxygen atoms in total. The van der Waals surface area contributed by atoms with Crippen molar-refractivity contribution in [3.8, 4) is 0 Å². The van der Waals surface area contributed by atoms with E-state index in [2.05, 4.69) is 32.4 Å². The van der Waals surface area contributed by atoms with Crippen LogP contribution in [0.25, 0.3) is 0 Å². The highest BCUT2D eigenvalue weighted by molar-refractivity contribution is 7.07. The van der Waals surface area contributed by atoms with E-state index < -0.39 is 0 Å². The number of thiophene rings is 1. The summed E-state index contributed by atoms with van der Waals surface area (Å²) in [6.45, 7) is 3.34. The molecule has 1 saturated heterocycles. The molecule has 1 aromatic heterocycles. The van der Waals surface area contributed by atoms with E-state index >= 15 is 0 Å². The van der Waals surface area contributed by atoms with Crippen LogP contribution in [-0.4, -0.2) is 30.6 Å². The Morgan fingerprint density at radius 2 is 1.81 bits per heavy atom. The van der Waals surface area contributed by atoms with Gasteiger partial charge >= 0.3 is 6.03 Å². The van der Waals surface area contributed by atoms with E-state index in [1.54, 1.807) is 11.3 Å². The molecule has 2 N–H and O–H groups in total. The molecule has 1 aliphatic heterocycles. The van der Waals surface area contributed by atoms with Crippen molar-refractivity contribution >= 4 is 29.0 Å². The van der Waals surface area contributed by atoms with Crippen LogP contribution in [0.4, 0.5) is 4.79 Å². The van der Waals surface area contributed by atoms with Gasteiger partial charge in [0, 0.05) is 18.1 Å². The van der Waals surface area contributed by atoms with Gasteiger partial charge in [-0.15, -0.1) is 0 Å². The molecule has 1 aromatic carbocycles. The van der Waals surface area contributed by atoms with Gasteiger partial charge in [-0.25, -0.2) is 4.79 Å². The van der Waals surface area contributed by atoms with Gasteiger partial charge in [0.15, 0.2) is 0 Å². The monoisotopic (exact) mass is 391 g/mol. The molecule has 0 aliphatic carbocycles. The third-order valence-corrected chi connectivity index (χ3v) is 5.79. The van der Waals surface area contributed by atoms with Crippen molar-refractivity contribution in [2.24, 2.45) is 0 Å². The third-order valence-electron chi connectivity index (χ3n) is 4.83. The topological polar surface area (TPSA) is 44.4 Å². The lowest BCUT2D eigenvalue weighted by Gasteiger charge is -2.30. The van der Waals surface area contributed by atoms with Crippen LogP contribution in [0.5, 0.6) is 0 Å². The van der Waals surface area contributed by atoms with Crippen LogP contribution in [0.2, 0.25) is 5.02 Å². The lowest BCUT2D eigenvalue weighted by atomic mass is 10.1. The summed E-state index contributed by atoms with van der Waals surface area (Å²) in [4.78, 5) is 14.8. The van der Waals surface area contributed by atoms with Gasteiger partial charge in [-0.2, -0.15) is 11.3 Å². The van der Waals surface area contributed by atoms with Crippen LogP contribution in [0.1, 0.15) is 42.9 Å². The van der Waals surface area contributed by atoms with Crippen molar-refractivity contribution in [1.29, 1.82) is 0 Å². The van der Waals surface area contributed by atoms with Crippen LogP contribution in [0.3, 0.4) is 0 Å². The molecule has 26 heavy (non-hydrogen) atoms. The molecule has 0 bridgehead atoms. The van der Waals surface area contributed by atoms with E-state index in [1.165, 1.54) is 31.2 Å². The summed E-state index contributed by atoms with van der Waals surface area (Å²) in [5.74, 6) is 0. The van der Waals surface area contributed by atoms with Gasteiger partial charge in [0.05, 0.1) is 6.04 Å². The van der Waals surface area contributed by atoms with Crippen molar-refractivity contribution in [2.75, 3.05) is 19.6 Å². The SMILES string of the molecule is O=C(NCc1ccc(Cl)cc1)NCC(c1ccsc1)N1CCCCCC1. The second kappa shape index (κ2) is 9.95. The molecule has 2 amide bonds. The lowest BCUT2D eigenvalue weighted by Crippen LogP contribution is -2.42. The van der Waals surface area contributed by atoms with Crippen molar-refractivity contribution < 1.29 is 4.79 Å². The summed E-state index contributed by atoms with van der Waals surface area (Å²) >= 11 is 7.60. The molecule has 3 rings (SSSR count). The van der Waals surface area contributed by atoms with Crippen LogP contribution >= 0.6 is 22.9 Å². The highest BCUT2D eigenvalue weighted by Crippen LogP contribution is 2.25. The summed E-state index contributed by atoms with van der Waals surface area (Å²) in [6, 6.07) is 9.82. The fourth-order valence-electron chi connectivity index (χ4n) is 3.37. The number of carbonyl (C=O) groups is 1. The number of amides is 2. The van der Waals surface area contributed by atoms with Crippen LogP contribution < -0.4 is 10.6 Å². The number of benzene rings is 1. The van der Waals surface area contributed by atoms with Gasteiger partial charge < -0.3 is 10.6 Å². The average molecular weight is 392 g/mol. The standard InChI is InChI=1S/C20H26ClN3OS/c21-18-7-5-16(6-8-18)13-22-20(25)23-14-19(17-9-12-26-15-17)24-10-3-1-2-4-11-24/h5-9,12,15,19H,1-4,10-11,13-14H2,(H2,22,23,25). The molecule has 0 saturated carbocycles. The quantitative estimate of drug-likeness (QED) is 0.741. The fraction of sp³-hybridized carbons (Fsp3) is 0.450. The van der Waals surface area contributed by atoms with Gasteiger partial charge in [0.1, 0.15) is 0 Å².